The molecule has 0 bridgehead atoms. The molecule has 1 atom stereocenters. The Labute approximate surface area is 175 Å². The minimum absolute atomic E-state index is 0.0600. The van der Waals surface area contributed by atoms with Crippen LogP contribution in [0.15, 0.2) is 24.3 Å². The first-order chi connectivity index (χ1) is 14.1. The number of nitrogens with one attached hydrogen (secondary N) is 1. The average Bonchev–Trinajstić information content (AvgIpc) is 3.21. The molecule has 2 aromatic rings. The maximum Gasteiger partial charge on any atom is 0.573 e. The van der Waals surface area contributed by atoms with E-state index in [9.17, 15) is 22.8 Å². The summed E-state index contributed by atoms with van der Waals surface area (Å²) in [6.07, 6.45) is -2.25. The van der Waals surface area contributed by atoms with E-state index in [4.69, 9.17) is 5.73 Å². The lowest BCUT2D eigenvalue weighted by Gasteiger charge is -2.25. The Morgan fingerprint density at radius 1 is 1.30 bits per heavy atom. The number of hydrogen-bond donors (Lipinski definition) is 2. The Balaban J connectivity index is 1.71. The van der Waals surface area contributed by atoms with Crippen LogP contribution in [0.5, 0.6) is 5.75 Å². The molecule has 1 aromatic heterocycles. The van der Waals surface area contributed by atoms with Crippen LogP contribution in [0.3, 0.4) is 0 Å². The van der Waals surface area contributed by atoms with Crippen LogP contribution in [0, 0.1) is 0 Å². The number of benzene rings is 1. The third-order valence-electron chi connectivity index (χ3n) is 5.06. The van der Waals surface area contributed by atoms with Crippen molar-refractivity contribution in [3.8, 4) is 5.75 Å². The molecule has 0 unspecified atom stereocenters. The molecule has 3 rings (SSSR count). The average molecular weight is 441 g/mol. The number of carbonyl (C=O) groups is 2. The Kier molecular flexibility index (Phi) is 6.37. The molecule has 6 nitrogen and oxygen atoms in total. The van der Waals surface area contributed by atoms with Crippen molar-refractivity contribution in [3.05, 3.63) is 45.8 Å². The van der Waals surface area contributed by atoms with Gasteiger partial charge in [-0.15, -0.1) is 24.5 Å². The number of hydrogen-bond acceptors (Lipinski definition) is 5. The molecule has 0 fully saturated rings. The Bertz CT molecular complexity index is 959. The quantitative estimate of drug-likeness (QED) is 0.686. The van der Waals surface area contributed by atoms with E-state index in [1.807, 2.05) is 0 Å². The first-order valence-electron chi connectivity index (χ1n) is 9.36. The minimum Gasteiger partial charge on any atom is -0.405 e. The molecule has 1 heterocycles. The van der Waals surface area contributed by atoms with Crippen LogP contribution in [-0.2, 0) is 24.2 Å². The van der Waals surface area contributed by atoms with Crippen LogP contribution in [0.1, 0.15) is 39.7 Å². The number of thiophene rings is 1. The van der Waals surface area contributed by atoms with Crippen molar-refractivity contribution in [2.45, 2.75) is 45.1 Å². The van der Waals surface area contributed by atoms with Crippen LogP contribution in [-0.4, -0.2) is 36.2 Å². The first kappa shape index (κ1) is 22.1. The van der Waals surface area contributed by atoms with Gasteiger partial charge >= 0.3 is 6.36 Å². The predicted octanol–water partition coefficient (Wildman–Crippen LogP) is 3.69. The zero-order valence-electron chi connectivity index (χ0n) is 16.5. The number of likely N-dealkylation sites (N-methyl/N-ethyl adjacent to an activating group) is 1. The number of fused-ring (bicyclic) bond motifs is 1. The smallest absolute Gasteiger partial charge is 0.405 e. The summed E-state index contributed by atoms with van der Waals surface area (Å²) in [7, 11) is 1.62. The fourth-order valence-corrected chi connectivity index (χ4v) is 4.73. The summed E-state index contributed by atoms with van der Waals surface area (Å²) in [5.41, 5.74) is 7.07. The summed E-state index contributed by atoms with van der Waals surface area (Å²) in [4.78, 5) is 27.3. The number of alkyl halides is 3. The third kappa shape index (κ3) is 4.93. The number of amides is 2. The van der Waals surface area contributed by atoms with Crippen molar-refractivity contribution in [2.75, 3.05) is 12.4 Å². The monoisotopic (exact) mass is 441 g/mol. The van der Waals surface area contributed by atoms with Crippen molar-refractivity contribution in [2.24, 2.45) is 5.73 Å². The van der Waals surface area contributed by atoms with E-state index in [0.717, 1.165) is 29.7 Å². The van der Waals surface area contributed by atoms with Gasteiger partial charge in [0.05, 0.1) is 11.6 Å². The molecule has 0 saturated heterocycles. The Morgan fingerprint density at radius 3 is 2.67 bits per heavy atom. The lowest BCUT2D eigenvalue weighted by Crippen LogP contribution is -2.39. The first-order valence-corrected chi connectivity index (χ1v) is 10.2. The SMILES string of the molecule is C[C@H](C(=O)Nc1sc2c(c1C(N)=O)CCC2)N(C)Cc1ccccc1OC(F)(F)F. The second kappa shape index (κ2) is 8.65. The molecule has 2 amide bonds. The topological polar surface area (TPSA) is 84.7 Å². The maximum atomic E-state index is 12.8. The van der Waals surface area contributed by atoms with Gasteiger partial charge in [0.1, 0.15) is 10.8 Å². The summed E-state index contributed by atoms with van der Waals surface area (Å²) in [6, 6.07) is 5.11. The largest absolute Gasteiger partial charge is 0.573 e. The number of rotatable bonds is 7. The van der Waals surface area contributed by atoms with E-state index in [-0.39, 0.29) is 18.2 Å². The maximum absolute atomic E-state index is 12.8. The highest BCUT2D eigenvalue weighted by molar-refractivity contribution is 7.17. The number of para-hydroxylation sites is 1. The van der Waals surface area contributed by atoms with E-state index in [1.165, 1.54) is 29.5 Å². The third-order valence-corrected chi connectivity index (χ3v) is 6.27. The fourth-order valence-electron chi connectivity index (χ4n) is 3.43. The lowest BCUT2D eigenvalue weighted by molar-refractivity contribution is -0.275. The predicted molar refractivity (Wildman–Crippen MR) is 108 cm³/mol. The number of anilines is 1. The van der Waals surface area contributed by atoms with Crippen molar-refractivity contribution in [1.82, 2.24) is 4.90 Å². The molecule has 1 aromatic carbocycles. The van der Waals surface area contributed by atoms with Gasteiger partial charge < -0.3 is 15.8 Å². The number of nitrogens with two attached hydrogens (primary N) is 1. The van der Waals surface area contributed by atoms with Crippen molar-refractivity contribution >= 4 is 28.2 Å². The molecule has 1 aliphatic rings. The number of aryl methyl sites for hydroxylation is 1. The highest BCUT2D eigenvalue weighted by atomic mass is 32.1. The van der Waals surface area contributed by atoms with Gasteiger partial charge in [-0.25, -0.2) is 0 Å². The Hall–Kier alpha value is -2.59. The second-order valence-electron chi connectivity index (χ2n) is 7.16. The molecule has 30 heavy (non-hydrogen) atoms. The van der Waals surface area contributed by atoms with Gasteiger partial charge in [0, 0.05) is 17.0 Å². The van der Waals surface area contributed by atoms with E-state index in [0.29, 0.717) is 16.1 Å². The van der Waals surface area contributed by atoms with Crippen LogP contribution < -0.4 is 15.8 Å². The van der Waals surface area contributed by atoms with E-state index < -0.39 is 18.3 Å². The number of ether oxygens (including phenoxy) is 1. The van der Waals surface area contributed by atoms with Gasteiger partial charge in [-0.2, -0.15) is 0 Å². The van der Waals surface area contributed by atoms with E-state index in [1.54, 1.807) is 24.9 Å². The summed E-state index contributed by atoms with van der Waals surface area (Å²) >= 11 is 1.35. The number of halogens is 3. The van der Waals surface area contributed by atoms with Crippen molar-refractivity contribution in [3.63, 3.8) is 0 Å². The molecule has 162 valence electrons. The lowest BCUT2D eigenvalue weighted by atomic mass is 10.1. The van der Waals surface area contributed by atoms with E-state index >= 15 is 0 Å². The normalized spacial score (nSPS) is 14.5. The molecule has 0 radical (unpaired) electrons. The molecule has 3 N–H and O–H groups in total. The van der Waals surface area contributed by atoms with Crippen LogP contribution in [0.2, 0.25) is 0 Å². The van der Waals surface area contributed by atoms with Gasteiger partial charge in [0.2, 0.25) is 5.91 Å². The molecule has 10 heteroatoms. The van der Waals surface area contributed by atoms with Crippen molar-refractivity contribution in [1.29, 1.82) is 0 Å². The van der Waals surface area contributed by atoms with Gasteiger partial charge in [-0.1, -0.05) is 18.2 Å². The van der Waals surface area contributed by atoms with E-state index in [2.05, 4.69) is 10.1 Å². The molecule has 0 saturated carbocycles. The number of carbonyl (C=O) groups excluding carboxylic acids is 2. The number of primary amides is 1. The van der Waals surface area contributed by atoms with Gasteiger partial charge in [-0.05, 0) is 44.9 Å². The minimum atomic E-state index is -4.80. The molecule has 0 aliphatic heterocycles. The molecule has 0 spiro atoms. The highest BCUT2D eigenvalue weighted by Gasteiger charge is 2.32. The highest BCUT2D eigenvalue weighted by Crippen LogP contribution is 2.39. The molecule has 1 aliphatic carbocycles. The standard InChI is InChI=1S/C20H22F3N3O3S/c1-11(26(2)10-12-6-3-4-8-14(12)29-20(21,22)23)18(28)25-19-16(17(24)27)13-7-5-9-15(13)30-19/h3-4,6,8,11H,5,7,9-10H2,1-2H3,(H2,24,27)(H,25,28)/t11-/m1/s1. The Morgan fingerprint density at radius 2 is 2.00 bits per heavy atom. The zero-order chi connectivity index (χ0) is 22.1. The molecular formula is C20H22F3N3O3S. The number of nitrogens with zero attached hydrogens (tertiary/aromatic N) is 1. The zero-order valence-corrected chi connectivity index (χ0v) is 17.3. The van der Waals surface area contributed by atoms with Gasteiger partial charge in [0.25, 0.3) is 5.91 Å². The van der Waals surface area contributed by atoms with Crippen LogP contribution in [0.4, 0.5) is 18.2 Å². The summed E-state index contributed by atoms with van der Waals surface area (Å²) in [5, 5.41) is 3.20. The van der Waals surface area contributed by atoms with Crippen LogP contribution in [0.25, 0.3) is 0 Å². The van der Waals surface area contributed by atoms with Gasteiger partial charge in [0.15, 0.2) is 0 Å². The van der Waals surface area contributed by atoms with Crippen LogP contribution >= 0.6 is 11.3 Å². The fraction of sp³-hybridized carbons (Fsp3) is 0.400. The van der Waals surface area contributed by atoms with Crippen molar-refractivity contribution < 1.29 is 27.5 Å². The molecular weight excluding hydrogens is 419 g/mol. The van der Waals surface area contributed by atoms with Gasteiger partial charge in [-0.3, -0.25) is 14.5 Å². The summed E-state index contributed by atoms with van der Waals surface area (Å²) in [5.74, 6) is -1.27. The summed E-state index contributed by atoms with van der Waals surface area (Å²) in [6.45, 7) is 1.69. The second-order valence-corrected chi connectivity index (χ2v) is 8.27. The summed E-state index contributed by atoms with van der Waals surface area (Å²) < 4.78 is 41.9.